The summed E-state index contributed by atoms with van der Waals surface area (Å²) in [6.45, 7) is 4.40. The number of rotatable bonds is 5. The Hall–Kier alpha value is -2.81. The van der Waals surface area contributed by atoms with E-state index in [2.05, 4.69) is 31.3 Å². The number of carbonyl (C=O) groups is 1. The maximum Gasteiger partial charge on any atom is 0.266 e. The first-order valence-electron chi connectivity index (χ1n) is 8.85. The van der Waals surface area contributed by atoms with Crippen LogP contribution in [0.2, 0.25) is 0 Å². The molecule has 3 heterocycles. The predicted molar refractivity (Wildman–Crippen MR) is 106 cm³/mol. The van der Waals surface area contributed by atoms with Gasteiger partial charge in [-0.15, -0.1) is 0 Å². The van der Waals surface area contributed by atoms with Crippen LogP contribution >= 0.6 is 15.9 Å². The van der Waals surface area contributed by atoms with Crippen molar-refractivity contribution in [2.45, 2.75) is 33.2 Å². The van der Waals surface area contributed by atoms with Crippen LogP contribution in [0.4, 0.5) is 0 Å². The van der Waals surface area contributed by atoms with Crippen LogP contribution in [0.25, 0.3) is 5.65 Å². The molecule has 8 nitrogen and oxygen atoms in total. The lowest BCUT2D eigenvalue weighted by Gasteiger charge is -2.12. The van der Waals surface area contributed by atoms with Gasteiger partial charge in [-0.2, -0.15) is 0 Å². The highest BCUT2D eigenvalue weighted by atomic mass is 79.9. The topological polar surface area (TPSA) is 97.7 Å². The van der Waals surface area contributed by atoms with Crippen molar-refractivity contribution in [3.63, 3.8) is 0 Å². The van der Waals surface area contributed by atoms with Crippen LogP contribution in [0.3, 0.4) is 0 Å². The minimum Gasteiger partial charge on any atom is -0.454 e. The molecule has 0 unspecified atom stereocenters. The smallest absolute Gasteiger partial charge is 0.266 e. The van der Waals surface area contributed by atoms with E-state index in [1.807, 2.05) is 26.0 Å². The maximum atomic E-state index is 12.3. The zero-order chi connectivity index (χ0) is 19.8. The van der Waals surface area contributed by atoms with Gasteiger partial charge in [-0.25, -0.2) is 9.50 Å². The van der Waals surface area contributed by atoms with Crippen molar-refractivity contribution >= 4 is 27.5 Å². The molecule has 146 valence electrons. The molecule has 1 aliphatic heterocycles. The molecule has 0 aliphatic carbocycles. The van der Waals surface area contributed by atoms with Crippen molar-refractivity contribution in [1.29, 1.82) is 0 Å². The Morgan fingerprint density at radius 2 is 2.14 bits per heavy atom. The van der Waals surface area contributed by atoms with E-state index in [-0.39, 0.29) is 18.3 Å². The van der Waals surface area contributed by atoms with Crippen molar-refractivity contribution in [2.24, 2.45) is 0 Å². The Labute approximate surface area is 169 Å². The number of amides is 1. The summed E-state index contributed by atoms with van der Waals surface area (Å²) < 4.78 is 13.2. The van der Waals surface area contributed by atoms with Gasteiger partial charge < -0.3 is 14.8 Å². The largest absolute Gasteiger partial charge is 0.454 e. The summed E-state index contributed by atoms with van der Waals surface area (Å²) >= 11 is 3.45. The minimum absolute atomic E-state index is 0.0614. The van der Waals surface area contributed by atoms with Crippen molar-refractivity contribution < 1.29 is 14.3 Å². The number of halogens is 1. The second kappa shape index (κ2) is 7.31. The molecule has 3 aromatic rings. The number of benzene rings is 1. The average molecular weight is 447 g/mol. The summed E-state index contributed by atoms with van der Waals surface area (Å²) in [7, 11) is 0. The molecule has 2 aromatic heterocycles. The molecule has 0 fully saturated rings. The number of hydrogen-bond donors (Lipinski definition) is 2. The third-order valence-corrected chi connectivity index (χ3v) is 5.37. The summed E-state index contributed by atoms with van der Waals surface area (Å²) in [6.07, 6.45) is 0.865. The Kier molecular flexibility index (Phi) is 4.84. The van der Waals surface area contributed by atoms with E-state index < -0.39 is 0 Å². The van der Waals surface area contributed by atoms with Gasteiger partial charge in [0.2, 0.25) is 12.7 Å². The van der Waals surface area contributed by atoms with Crippen LogP contribution in [0.15, 0.2) is 27.5 Å². The molecular formula is C19H19BrN4O4. The lowest BCUT2D eigenvalue weighted by molar-refractivity contribution is -0.121. The van der Waals surface area contributed by atoms with Gasteiger partial charge in [0.15, 0.2) is 17.1 Å². The van der Waals surface area contributed by atoms with E-state index in [1.165, 1.54) is 6.07 Å². The molecule has 4 rings (SSSR count). The molecule has 1 amide bonds. The first-order valence-corrected chi connectivity index (χ1v) is 9.64. The highest BCUT2D eigenvalue weighted by molar-refractivity contribution is 9.10. The predicted octanol–water partition coefficient (Wildman–Crippen LogP) is 2.38. The fraction of sp³-hybridized carbons (Fsp3) is 0.316. The highest BCUT2D eigenvalue weighted by Crippen LogP contribution is 2.39. The monoisotopic (exact) mass is 446 g/mol. The van der Waals surface area contributed by atoms with Crippen LogP contribution in [-0.2, 0) is 17.8 Å². The fourth-order valence-corrected chi connectivity index (χ4v) is 3.97. The van der Waals surface area contributed by atoms with Gasteiger partial charge in [-0.3, -0.25) is 14.7 Å². The van der Waals surface area contributed by atoms with Crippen molar-refractivity contribution in [1.82, 2.24) is 19.9 Å². The summed E-state index contributed by atoms with van der Waals surface area (Å²) in [5.41, 5.74) is 3.98. The van der Waals surface area contributed by atoms with Crippen LogP contribution < -0.4 is 20.3 Å². The van der Waals surface area contributed by atoms with Crippen molar-refractivity contribution in [2.75, 3.05) is 6.79 Å². The lowest BCUT2D eigenvalue weighted by Crippen LogP contribution is -2.23. The average Bonchev–Trinajstić information content (AvgIpc) is 3.26. The van der Waals surface area contributed by atoms with E-state index in [9.17, 15) is 9.59 Å². The second-order valence-electron chi connectivity index (χ2n) is 6.66. The number of hydrogen-bond acceptors (Lipinski definition) is 5. The number of nitrogens with one attached hydrogen (secondary N) is 2. The summed E-state index contributed by atoms with van der Waals surface area (Å²) in [5.74, 6) is 1.30. The van der Waals surface area contributed by atoms with E-state index in [4.69, 9.17) is 9.47 Å². The van der Waals surface area contributed by atoms with E-state index >= 15 is 0 Å². The lowest BCUT2D eigenvalue weighted by atomic mass is 10.1. The number of H-pyrrole nitrogens is 1. The number of aromatic amines is 1. The normalized spacial score (nSPS) is 12.5. The summed E-state index contributed by atoms with van der Waals surface area (Å²) in [6, 6.07) is 5.23. The van der Waals surface area contributed by atoms with Gasteiger partial charge in [0.25, 0.3) is 5.56 Å². The zero-order valence-electron chi connectivity index (χ0n) is 15.5. The van der Waals surface area contributed by atoms with Gasteiger partial charge in [0, 0.05) is 30.4 Å². The molecule has 0 saturated heterocycles. The van der Waals surface area contributed by atoms with E-state index in [1.54, 1.807) is 4.52 Å². The molecule has 28 heavy (non-hydrogen) atoms. The molecule has 0 atom stereocenters. The van der Waals surface area contributed by atoms with Gasteiger partial charge >= 0.3 is 0 Å². The van der Waals surface area contributed by atoms with Gasteiger partial charge in [0.05, 0.1) is 4.47 Å². The van der Waals surface area contributed by atoms with Crippen LogP contribution in [0.1, 0.15) is 28.9 Å². The van der Waals surface area contributed by atoms with Gasteiger partial charge in [-0.1, -0.05) is 0 Å². The molecule has 0 spiro atoms. The quantitative estimate of drug-likeness (QED) is 0.626. The van der Waals surface area contributed by atoms with E-state index in [0.29, 0.717) is 36.5 Å². The number of ether oxygens (including phenoxy) is 2. The third-order valence-electron chi connectivity index (χ3n) is 4.78. The molecular weight excluding hydrogens is 428 g/mol. The van der Waals surface area contributed by atoms with Gasteiger partial charge in [-0.05, 0) is 59.5 Å². The standard InChI is InChI=1S/C19H19BrN4O4/c1-10-13(11(2)24-16(22-10)7-18(26)23-24)3-4-17(25)21-8-12-5-14(20)19-15(6-12)27-9-28-19/h5-7H,3-4,8-9H2,1-2H3,(H,21,25)(H,23,26). The molecule has 9 heteroatoms. The number of fused-ring (bicyclic) bond motifs is 2. The first-order chi connectivity index (χ1) is 13.4. The second-order valence-corrected chi connectivity index (χ2v) is 7.52. The zero-order valence-corrected chi connectivity index (χ0v) is 17.1. The highest BCUT2D eigenvalue weighted by Gasteiger charge is 2.18. The van der Waals surface area contributed by atoms with Crippen LogP contribution in [0, 0.1) is 13.8 Å². The number of aromatic nitrogens is 3. The molecule has 0 radical (unpaired) electrons. The van der Waals surface area contributed by atoms with Crippen molar-refractivity contribution in [3.8, 4) is 11.5 Å². The molecule has 2 N–H and O–H groups in total. The van der Waals surface area contributed by atoms with Crippen molar-refractivity contribution in [3.05, 3.63) is 55.5 Å². The maximum absolute atomic E-state index is 12.3. The number of nitrogens with zero attached hydrogens (tertiary/aromatic N) is 2. The van der Waals surface area contributed by atoms with Crippen LogP contribution in [0.5, 0.6) is 11.5 Å². The van der Waals surface area contributed by atoms with E-state index in [0.717, 1.165) is 27.0 Å². The minimum atomic E-state index is -0.195. The Balaban J connectivity index is 1.41. The summed E-state index contributed by atoms with van der Waals surface area (Å²) in [4.78, 5) is 28.3. The number of aryl methyl sites for hydroxylation is 2. The van der Waals surface area contributed by atoms with Crippen LogP contribution in [-0.4, -0.2) is 27.3 Å². The fourth-order valence-electron chi connectivity index (χ4n) is 3.37. The first kappa shape index (κ1) is 18.5. The molecule has 1 aromatic carbocycles. The Morgan fingerprint density at radius 1 is 1.32 bits per heavy atom. The Morgan fingerprint density at radius 3 is 2.96 bits per heavy atom. The number of carbonyl (C=O) groups excluding carboxylic acids is 1. The summed E-state index contributed by atoms with van der Waals surface area (Å²) in [5, 5.41) is 5.65. The van der Waals surface area contributed by atoms with Gasteiger partial charge in [0.1, 0.15) is 0 Å². The Bertz CT molecular complexity index is 1140. The molecule has 0 bridgehead atoms. The molecule has 1 aliphatic rings. The third kappa shape index (κ3) is 3.49. The SMILES string of the molecule is Cc1nc2cc(=O)[nH]n2c(C)c1CCC(=O)NCc1cc(Br)c2c(c1)OCO2. The molecule has 0 saturated carbocycles.